The number of H-pyrrole nitrogens is 1. The van der Waals surface area contributed by atoms with Crippen molar-refractivity contribution in [1.82, 2.24) is 9.97 Å². The summed E-state index contributed by atoms with van der Waals surface area (Å²) in [6.07, 6.45) is -0.0518. The fourth-order valence-corrected chi connectivity index (χ4v) is 3.73. The van der Waals surface area contributed by atoms with Crippen LogP contribution in [0.4, 0.5) is 5.69 Å². The molecule has 3 aromatic rings. The standard InChI is InChI=1S/C21H20ClN3O4S/c1-28-16-6-7-17(18(11-16)29-2)24-19(26)9-15-10-20(27)25-21(23-15)30-12-13-4-3-5-14(22)8-13/h3-8,10-11H,9,12H2,1-2H3,(H,24,26)(H,23,25,27). The second-order valence-corrected chi connectivity index (χ2v) is 7.65. The average Bonchev–Trinajstić information content (AvgIpc) is 2.72. The van der Waals surface area contributed by atoms with Crippen LogP contribution in [0.1, 0.15) is 11.3 Å². The first kappa shape index (κ1) is 21.7. The molecule has 3 rings (SSSR count). The molecule has 2 N–H and O–H groups in total. The van der Waals surface area contributed by atoms with E-state index in [1.807, 2.05) is 18.2 Å². The fourth-order valence-electron chi connectivity index (χ4n) is 2.68. The maximum Gasteiger partial charge on any atom is 0.251 e. The molecule has 156 valence electrons. The zero-order valence-corrected chi connectivity index (χ0v) is 18.0. The number of ether oxygens (including phenoxy) is 2. The van der Waals surface area contributed by atoms with E-state index in [2.05, 4.69) is 15.3 Å². The Morgan fingerprint density at radius 2 is 2.00 bits per heavy atom. The van der Waals surface area contributed by atoms with Crippen LogP contribution in [0, 0.1) is 0 Å². The van der Waals surface area contributed by atoms with Gasteiger partial charge in [-0.25, -0.2) is 4.98 Å². The quantitative estimate of drug-likeness (QED) is 0.403. The third kappa shape index (κ3) is 6.01. The smallest absolute Gasteiger partial charge is 0.251 e. The molecule has 0 unspecified atom stereocenters. The Hall–Kier alpha value is -2.97. The van der Waals surface area contributed by atoms with Gasteiger partial charge in [-0.3, -0.25) is 9.59 Å². The van der Waals surface area contributed by atoms with Crippen molar-refractivity contribution in [3.05, 3.63) is 75.2 Å². The molecule has 2 aromatic carbocycles. The lowest BCUT2D eigenvalue weighted by Crippen LogP contribution is -2.18. The molecule has 0 saturated carbocycles. The summed E-state index contributed by atoms with van der Waals surface area (Å²) in [6, 6.07) is 13.8. The molecule has 0 saturated heterocycles. The number of hydrogen-bond acceptors (Lipinski definition) is 6. The number of carbonyl (C=O) groups excluding carboxylic acids is 1. The van der Waals surface area contributed by atoms with E-state index in [4.69, 9.17) is 21.1 Å². The van der Waals surface area contributed by atoms with Gasteiger partial charge in [0.15, 0.2) is 5.16 Å². The van der Waals surface area contributed by atoms with Crippen molar-refractivity contribution < 1.29 is 14.3 Å². The first-order valence-corrected chi connectivity index (χ1v) is 10.3. The monoisotopic (exact) mass is 445 g/mol. The molecule has 0 aliphatic carbocycles. The number of aromatic amines is 1. The number of rotatable bonds is 8. The highest BCUT2D eigenvalue weighted by molar-refractivity contribution is 7.98. The van der Waals surface area contributed by atoms with Crippen LogP contribution in [0.5, 0.6) is 11.5 Å². The lowest BCUT2D eigenvalue weighted by atomic mass is 10.2. The minimum atomic E-state index is -0.317. The Kier molecular flexibility index (Phi) is 7.37. The van der Waals surface area contributed by atoms with Crippen molar-refractivity contribution in [1.29, 1.82) is 0 Å². The SMILES string of the molecule is COc1ccc(NC(=O)Cc2cc(=O)[nH]c(SCc3cccc(Cl)c3)n2)c(OC)c1. The number of nitrogens with zero attached hydrogens (tertiary/aromatic N) is 1. The highest BCUT2D eigenvalue weighted by Crippen LogP contribution is 2.29. The Labute approximate surface area is 182 Å². The van der Waals surface area contributed by atoms with Gasteiger partial charge in [-0.05, 0) is 29.8 Å². The molecule has 0 fully saturated rings. The van der Waals surface area contributed by atoms with Crippen LogP contribution in [0.3, 0.4) is 0 Å². The van der Waals surface area contributed by atoms with Crippen LogP contribution < -0.4 is 20.3 Å². The summed E-state index contributed by atoms with van der Waals surface area (Å²) >= 11 is 7.36. The van der Waals surface area contributed by atoms with Gasteiger partial charge >= 0.3 is 0 Å². The summed E-state index contributed by atoms with van der Waals surface area (Å²) in [5.41, 5.74) is 1.56. The van der Waals surface area contributed by atoms with Crippen LogP contribution in [0.25, 0.3) is 0 Å². The number of methoxy groups -OCH3 is 2. The molecule has 0 radical (unpaired) electrons. The molecular formula is C21H20ClN3O4S. The summed E-state index contributed by atoms with van der Waals surface area (Å²) in [5.74, 6) is 1.35. The van der Waals surface area contributed by atoms with E-state index in [1.54, 1.807) is 31.4 Å². The van der Waals surface area contributed by atoms with Crippen molar-refractivity contribution in [2.24, 2.45) is 0 Å². The third-order valence-corrected chi connectivity index (χ3v) is 5.24. The van der Waals surface area contributed by atoms with Gasteiger partial charge in [-0.1, -0.05) is 35.5 Å². The van der Waals surface area contributed by atoms with E-state index < -0.39 is 0 Å². The molecule has 0 atom stereocenters. The number of benzene rings is 2. The van der Waals surface area contributed by atoms with Gasteiger partial charge in [-0.15, -0.1) is 0 Å². The number of anilines is 1. The maximum atomic E-state index is 12.5. The second-order valence-electron chi connectivity index (χ2n) is 6.25. The number of amides is 1. The van der Waals surface area contributed by atoms with E-state index in [-0.39, 0.29) is 17.9 Å². The topological polar surface area (TPSA) is 93.3 Å². The Morgan fingerprint density at radius 3 is 2.73 bits per heavy atom. The van der Waals surface area contributed by atoms with Gasteiger partial charge in [0, 0.05) is 22.9 Å². The van der Waals surface area contributed by atoms with Crippen LogP contribution in [-0.2, 0) is 17.0 Å². The molecule has 1 aromatic heterocycles. The first-order valence-electron chi connectivity index (χ1n) is 8.96. The summed E-state index contributed by atoms with van der Waals surface area (Å²) < 4.78 is 10.4. The maximum absolute atomic E-state index is 12.5. The van der Waals surface area contributed by atoms with Gasteiger partial charge in [0.1, 0.15) is 11.5 Å². The normalized spacial score (nSPS) is 10.5. The highest BCUT2D eigenvalue weighted by Gasteiger charge is 2.12. The van der Waals surface area contributed by atoms with Gasteiger partial charge in [0.05, 0.1) is 32.0 Å². The summed E-state index contributed by atoms with van der Waals surface area (Å²) in [5, 5.41) is 3.86. The fraction of sp³-hybridized carbons (Fsp3) is 0.190. The third-order valence-electron chi connectivity index (χ3n) is 4.06. The molecule has 0 bridgehead atoms. The molecule has 7 nitrogen and oxygen atoms in total. The van der Waals surface area contributed by atoms with Gasteiger partial charge in [-0.2, -0.15) is 0 Å². The van der Waals surface area contributed by atoms with Gasteiger partial charge in [0.2, 0.25) is 5.91 Å². The van der Waals surface area contributed by atoms with E-state index in [9.17, 15) is 9.59 Å². The number of halogens is 1. The molecule has 0 spiro atoms. The molecule has 0 aliphatic rings. The lowest BCUT2D eigenvalue weighted by Gasteiger charge is -2.11. The number of thioether (sulfide) groups is 1. The van der Waals surface area contributed by atoms with Crippen LogP contribution in [0.2, 0.25) is 5.02 Å². The highest BCUT2D eigenvalue weighted by atomic mass is 35.5. The Morgan fingerprint density at radius 1 is 1.17 bits per heavy atom. The van der Waals surface area contributed by atoms with Gasteiger partial charge in [0.25, 0.3) is 5.56 Å². The zero-order chi connectivity index (χ0) is 21.5. The van der Waals surface area contributed by atoms with Crippen molar-refractivity contribution >= 4 is 35.0 Å². The van der Waals surface area contributed by atoms with Gasteiger partial charge < -0.3 is 19.8 Å². The van der Waals surface area contributed by atoms with Crippen molar-refractivity contribution in [3.8, 4) is 11.5 Å². The average molecular weight is 446 g/mol. The van der Waals surface area contributed by atoms with E-state index in [0.717, 1.165) is 5.56 Å². The lowest BCUT2D eigenvalue weighted by molar-refractivity contribution is -0.115. The molecule has 9 heteroatoms. The molecule has 0 aliphatic heterocycles. The van der Waals surface area contributed by atoms with Crippen molar-refractivity contribution in [3.63, 3.8) is 0 Å². The molecule has 1 heterocycles. The molecular weight excluding hydrogens is 426 g/mol. The first-order chi connectivity index (χ1) is 14.5. The molecule has 1 amide bonds. The van der Waals surface area contributed by atoms with Crippen molar-refractivity contribution in [2.45, 2.75) is 17.3 Å². The molecule has 30 heavy (non-hydrogen) atoms. The number of nitrogens with one attached hydrogen (secondary N) is 2. The second kappa shape index (κ2) is 10.2. The summed E-state index contributed by atoms with van der Waals surface area (Å²) in [7, 11) is 3.06. The van der Waals surface area contributed by atoms with Crippen molar-refractivity contribution in [2.75, 3.05) is 19.5 Å². The van der Waals surface area contributed by atoms with E-state index >= 15 is 0 Å². The number of aromatic nitrogens is 2. The van der Waals surface area contributed by atoms with Crippen LogP contribution in [-0.4, -0.2) is 30.1 Å². The predicted molar refractivity (Wildman–Crippen MR) is 118 cm³/mol. The summed E-state index contributed by atoms with van der Waals surface area (Å²) in [6.45, 7) is 0. The predicted octanol–water partition coefficient (Wildman–Crippen LogP) is 3.91. The minimum Gasteiger partial charge on any atom is -0.497 e. The Balaban J connectivity index is 1.67. The number of carbonyl (C=O) groups is 1. The van der Waals surface area contributed by atoms with E-state index in [0.29, 0.717) is 38.8 Å². The zero-order valence-electron chi connectivity index (χ0n) is 16.4. The largest absolute Gasteiger partial charge is 0.497 e. The minimum absolute atomic E-state index is 0.0518. The summed E-state index contributed by atoms with van der Waals surface area (Å²) in [4.78, 5) is 31.5. The Bertz CT molecular complexity index is 1100. The van der Waals surface area contributed by atoms with E-state index in [1.165, 1.54) is 24.9 Å². The van der Waals surface area contributed by atoms with Crippen LogP contribution >= 0.6 is 23.4 Å². The number of hydrogen-bond donors (Lipinski definition) is 2. The van der Waals surface area contributed by atoms with Crippen LogP contribution in [0.15, 0.2) is 58.5 Å².